The number of ether oxygens (including phenoxy) is 2. The molecule has 3 aromatic rings. The number of carbonyl (C=O) groups excluding carboxylic acids is 1. The van der Waals surface area contributed by atoms with Gasteiger partial charge in [-0.1, -0.05) is 19.1 Å². The van der Waals surface area contributed by atoms with Crippen molar-refractivity contribution in [1.29, 1.82) is 0 Å². The highest BCUT2D eigenvalue weighted by atomic mass is 16.5. The average molecular weight is 437 g/mol. The van der Waals surface area contributed by atoms with Crippen molar-refractivity contribution < 1.29 is 18.7 Å². The summed E-state index contributed by atoms with van der Waals surface area (Å²) in [4.78, 5) is 30.6. The molecule has 0 N–H and O–H groups in total. The van der Waals surface area contributed by atoms with Gasteiger partial charge in [0.25, 0.3) is 5.91 Å². The van der Waals surface area contributed by atoms with E-state index in [-0.39, 0.29) is 17.1 Å². The summed E-state index contributed by atoms with van der Waals surface area (Å²) in [5.74, 6) is 1.15. The molecule has 1 amide bonds. The van der Waals surface area contributed by atoms with Gasteiger partial charge in [0, 0.05) is 19.2 Å². The standard InChI is InChI=1S/C25H28N2O5/c1-5-14-31-17-8-6-16(7-9-17)22-21-23(28)19-11-10-18(30-4)15-20(19)32-24(21)25(29)27(22)13-12-26(2)3/h6-11,15,22H,5,12-14H2,1-4H3. The van der Waals surface area contributed by atoms with E-state index in [1.165, 1.54) is 0 Å². The second-order valence-electron chi connectivity index (χ2n) is 8.16. The Hall–Kier alpha value is -3.32. The van der Waals surface area contributed by atoms with Crippen LogP contribution in [0.4, 0.5) is 0 Å². The molecule has 1 aliphatic heterocycles. The molecule has 0 radical (unpaired) electrons. The topological polar surface area (TPSA) is 72.2 Å². The second kappa shape index (κ2) is 9.04. The number of fused-ring (bicyclic) bond motifs is 2. The first-order valence-electron chi connectivity index (χ1n) is 10.8. The minimum absolute atomic E-state index is 0.103. The van der Waals surface area contributed by atoms with Gasteiger partial charge in [0.05, 0.1) is 30.7 Å². The first-order chi connectivity index (χ1) is 15.4. The van der Waals surface area contributed by atoms with E-state index in [1.54, 1.807) is 30.2 Å². The maximum atomic E-state index is 13.5. The summed E-state index contributed by atoms with van der Waals surface area (Å²) in [5.41, 5.74) is 1.38. The zero-order chi connectivity index (χ0) is 22.8. The van der Waals surface area contributed by atoms with Crippen LogP contribution in [0.1, 0.15) is 41.1 Å². The van der Waals surface area contributed by atoms with Gasteiger partial charge in [-0.2, -0.15) is 0 Å². The number of amides is 1. The van der Waals surface area contributed by atoms with Gasteiger partial charge in [-0.05, 0) is 50.3 Å². The van der Waals surface area contributed by atoms with Gasteiger partial charge >= 0.3 is 0 Å². The molecule has 2 aromatic carbocycles. The predicted octanol–water partition coefficient (Wildman–Crippen LogP) is 3.70. The Labute approximate surface area is 187 Å². The molecule has 1 atom stereocenters. The molecule has 0 bridgehead atoms. The summed E-state index contributed by atoms with van der Waals surface area (Å²) in [6.07, 6.45) is 0.920. The zero-order valence-electron chi connectivity index (χ0n) is 18.9. The van der Waals surface area contributed by atoms with E-state index in [0.717, 1.165) is 17.7 Å². The average Bonchev–Trinajstić information content (AvgIpc) is 3.08. The molecule has 32 heavy (non-hydrogen) atoms. The molecule has 0 saturated heterocycles. The van der Waals surface area contributed by atoms with Crippen LogP contribution in [0.25, 0.3) is 11.0 Å². The molecule has 7 nitrogen and oxygen atoms in total. The van der Waals surface area contributed by atoms with Gasteiger partial charge in [0.1, 0.15) is 17.1 Å². The van der Waals surface area contributed by atoms with Crippen LogP contribution in [-0.2, 0) is 0 Å². The number of carbonyl (C=O) groups is 1. The van der Waals surface area contributed by atoms with Crippen LogP contribution in [0, 0.1) is 0 Å². The van der Waals surface area contributed by atoms with Gasteiger partial charge in [0.15, 0.2) is 5.43 Å². The van der Waals surface area contributed by atoms with Gasteiger partial charge < -0.3 is 23.7 Å². The van der Waals surface area contributed by atoms with Gasteiger partial charge in [-0.15, -0.1) is 0 Å². The number of hydrogen-bond donors (Lipinski definition) is 0. The third-order valence-electron chi connectivity index (χ3n) is 5.63. The fraction of sp³-hybridized carbons (Fsp3) is 0.360. The van der Waals surface area contributed by atoms with Crippen LogP contribution in [0.3, 0.4) is 0 Å². The van der Waals surface area contributed by atoms with Crippen molar-refractivity contribution in [3.05, 3.63) is 69.6 Å². The summed E-state index contributed by atoms with van der Waals surface area (Å²) < 4.78 is 16.9. The highest BCUT2D eigenvalue weighted by Crippen LogP contribution is 2.38. The molecule has 1 unspecified atom stereocenters. The Morgan fingerprint density at radius 1 is 1.06 bits per heavy atom. The molecule has 168 valence electrons. The Kier molecular flexibility index (Phi) is 6.19. The minimum Gasteiger partial charge on any atom is -0.497 e. The van der Waals surface area contributed by atoms with Gasteiger partial charge in [-0.3, -0.25) is 9.59 Å². The minimum atomic E-state index is -0.513. The number of rotatable bonds is 8. The third-order valence-corrected chi connectivity index (χ3v) is 5.63. The van der Waals surface area contributed by atoms with Crippen molar-refractivity contribution in [3.8, 4) is 11.5 Å². The predicted molar refractivity (Wildman–Crippen MR) is 123 cm³/mol. The summed E-state index contributed by atoms with van der Waals surface area (Å²) in [5, 5.41) is 0.430. The first kappa shape index (κ1) is 21.9. The molecular formula is C25H28N2O5. The van der Waals surface area contributed by atoms with Crippen molar-refractivity contribution in [1.82, 2.24) is 9.80 Å². The van der Waals surface area contributed by atoms with E-state index < -0.39 is 6.04 Å². The van der Waals surface area contributed by atoms with Crippen LogP contribution in [0.15, 0.2) is 51.7 Å². The molecule has 1 aliphatic rings. The van der Waals surface area contributed by atoms with E-state index in [4.69, 9.17) is 13.9 Å². The van der Waals surface area contributed by atoms with Crippen molar-refractivity contribution in [2.45, 2.75) is 19.4 Å². The number of methoxy groups -OCH3 is 1. The molecule has 0 spiro atoms. The number of likely N-dealkylation sites (N-methyl/N-ethyl adjacent to an activating group) is 1. The monoisotopic (exact) mass is 436 g/mol. The van der Waals surface area contributed by atoms with E-state index >= 15 is 0 Å². The highest BCUT2D eigenvalue weighted by molar-refractivity contribution is 5.99. The van der Waals surface area contributed by atoms with Crippen LogP contribution in [0.5, 0.6) is 11.5 Å². The van der Waals surface area contributed by atoms with E-state index in [2.05, 4.69) is 6.92 Å². The largest absolute Gasteiger partial charge is 0.497 e. The Bertz CT molecular complexity index is 1180. The van der Waals surface area contributed by atoms with E-state index in [0.29, 0.717) is 42.0 Å². The fourth-order valence-electron chi connectivity index (χ4n) is 3.98. The lowest BCUT2D eigenvalue weighted by atomic mass is 9.98. The van der Waals surface area contributed by atoms with Crippen LogP contribution in [0.2, 0.25) is 0 Å². The molecule has 0 aliphatic carbocycles. The van der Waals surface area contributed by atoms with Crippen molar-refractivity contribution >= 4 is 16.9 Å². The van der Waals surface area contributed by atoms with Crippen LogP contribution in [-0.4, -0.2) is 56.6 Å². The quantitative estimate of drug-likeness (QED) is 0.536. The molecule has 0 fully saturated rings. The molecule has 7 heteroatoms. The lowest BCUT2D eigenvalue weighted by Gasteiger charge is -2.26. The highest BCUT2D eigenvalue weighted by Gasteiger charge is 2.42. The summed E-state index contributed by atoms with van der Waals surface area (Å²) >= 11 is 0. The SMILES string of the molecule is CCCOc1ccc(C2c3c(oc4cc(OC)ccc4c3=O)C(=O)N2CCN(C)C)cc1. The van der Waals surface area contributed by atoms with E-state index in [1.807, 2.05) is 43.3 Å². The number of nitrogens with zero attached hydrogens (tertiary/aromatic N) is 2. The van der Waals surface area contributed by atoms with E-state index in [9.17, 15) is 9.59 Å². The molecule has 2 heterocycles. The molecule has 1 aromatic heterocycles. The first-order valence-corrected chi connectivity index (χ1v) is 10.8. The maximum absolute atomic E-state index is 13.5. The number of hydrogen-bond acceptors (Lipinski definition) is 6. The second-order valence-corrected chi connectivity index (χ2v) is 8.16. The van der Waals surface area contributed by atoms with Gasteiger partial charge in [0.2, 0.25) is 5.76 Å². The smallest absolute Gasteiger partial charge is 0.290 e. The van der Waals surface area contributed by atoms with Crippen LogP contribution < -0.4 is 14.9 Å². The fourth-order valence-corrected chi connectivity index (χ4v) is 3.98. The molecular weight excluding hydrogens is 408 g/mol. The third kappa shape index (κ3) is 3.96. The molecule has 0 saturated carbocycles. The van der Waals surface area contributed by atoms with Crippen molar-refractivity contribution in [3.63, 3.8) is 0 Å². The Morgan fingerprint density at radius 3 is 2.44 bits per heavy atom. The zero-order valence-corrected chi connectivity index (χ0v) is 18.9. The summed E-state index contributed by atoms with van der Waals surface area (Å²) in [7, 11) is 5.45. The van der Waals surface area contributed by atoms with Crippen molar-refractivity contribution in [2.75, 3.05) is 40.9 Å². The summed E-state index contributed by atoms with van der Waals surface area (Å²) in [6.45, 7) is 3.82. The summed E-state index contributed by atoms with van der Waals surface area (Å²) in [6, 6.07) is 12.1. The lowest BCUT2D eigenvalue weighted by Crippen LogP contribution is -2.35. The molecule has 4 rings (SSSR count). The Balaban J connectivity index is 1.84. The van der Waals surface area contributed by atoms with Gasteiger partial charge in [-0.25, -0.2) is 0 Å². The lowest BCUT2D eigenvalue weighted by molar-refractivity contribution is 0.0716. The van der Waals surface area contributed by atoms with Crippen molar-refractivity contribution in [2.24, 2.45) is 0 Å². The maximum Gasteiger partial charge on any atom is 0.290 e. The Morgan fingerprint density at radius 2 is 1.78 bits per heavy atom. The van der Waals surface area contributed by atoms with Crippen LogP contribution >= 0.6 is 0 Å². The number of benzene rings is 2. The normalized spacial score (nSPS) is 15.5.